The first-order chi connectivity index (χ1) is 25.7. The third kappa shape index (κ3) is 11.6. The smallest absolute Gasteiger partial charge is 0.650 e. The zero-order valence-corrected chi connectivity index (χ0v) is 33.1. The van der Waals surface area contributed by atoms with Crippen molar-refractivity contribution in [1.29, 1.82) is 0 Å². The second-order valence-electron chi connectivity index (χ2n) is 12.0. The molecule has 0 N–H and O–H groups in total. The minimum atomic E-state index is -1.03. The van der Waals surface area contributed by atoms with Gasteiger partial charge in [-0.2, -0.15) is 18.2 Å². The number of para-hydroxylation sites is 1. The minimum Gasteiger partial charge on any atom is -0.650 e. The van der Waals surface area contributed by atoms with Gasteiger partial charge in [-0.25, -0.2) is 0 Å². The van der Waals surface area contributed by atoms with Crippen LogP contribution in [0.15, 0.2) is 194 Å². The van der Waals surface area contributed by atoms with E-state index in [1.807, 2.05) is 6.07 Å². The summed E-state index contributed by atoms with van der Waals surface area (Å²) in [5.41, 5.74) is 2.70. The van der Waals surface area contributed by atoms with Crippen molar-refractivity contribution in [2.24, 2.45) is 0 Å². The van der Waals surface area contributed by atoms with Gasteiger partial charge >= 0.3 is 20.4 Å². The second kappa shape index (κ2) is 21.0. The number of carbonyl (C=O) groups excluding carboxylic acids is 1. The molecule has 7 aromatic carbocycles. The SMILES string of the molecule is CCOC(=O)[CH-]Oc1[c-]cccc1.[Pd+2].c1ccc([PH+](c2ccccc2)c2ccc(Cc3ccc([PH+](c4ccccc4)c4ccccc4)cc3)cc2)cc1. The summed E-state index contributed by atoms with van der Waals surface area (Å²) in [5.74, 6) is 0.00954. The van der Waals surface area contributed by atoms with E-state index in [0.717, 1.165) is 13.0 Å². The Bertz CT molecular complexity index is 1860. The monoisotopic (exact) mass is 822 g/mol. The van der Waals surface area contributed by atoms with E-state index in [2.05, 4.69) is 181 Å². The molecule has 0 unspecified atom stereocenters. The summed E-state index contributed by atoms with van der Waals surface area (Å²) in [6.07, 6.45) is 0.943. The fraction of sp³-hybridized carbons (Fsp3) is 0.0638. The molecule has 0 aliphatic rings. The molecule has 0 atom stereocenters. The van der Waals surface area contributed by atoms with E-state index < -0.39 is 21.8 Å². The summed E-state index contributed by atoms with van der Waals surface area (Å²) in [6, 6.07) is 72.4. The van der Waals surface area contributed by atoms with Gasteiger partial charge in [0, 0.05) is 0 Å². The molecule has 0 radical (unpaired) electrons. The van der Waals surface area contributed by atoms with Crippen molar-refractivity contribution in [1.82, 2.24) is 0 Å². The van der Waals surface area contributed by atoms with E-state index in [-0.39, 0.29) is 20.4 Å². The van der Waals surface area contributed by atoms with Crippen molar-refractivity contribution in [2.75, 3.05) is 6.61 Å². The molecule has 0 heterocycles. The Kier molecular flexibility index (Phi) is 15.6. The molecule has 266 valence electrons. The van der Waals surface area contributed by atoms with E-state index >= 15 is 0 Å². The zero-order valence-electron chi connectivity index (χ0n) is 29.5. The average Bonchev–Trinajstić information content (AvgIpc) is 3.21. The molecule has 3 nitrogen and oxygen atoms in total. The molecule has 0 bridgehead atoms. The van der Waals surface area contributed by atoms with Crippen molar-refractivity contribution in [3.8, 4) is 5.75 Å². The third-order valence-electron chi connectivity index (χ3n) is 8.39. The van der Waals surface area contributed by atoms with Crippen molar-refractivity contribution in [2.45, 2.75) is 13.3 Å². The molecule has 0 aliphatic carbocycles. The van der Waals surface area contributed by atoms with Crippen LogP contribution in [0.25, 0.3) is 0 Å². The van der Waals surface area contributed by atoms with Crippen LogP contribution in [0.1, 0.15) is 18.1 Å². The second-order valence-corrected chi connectivity index (χ2v) is 17.0. The molecule has 0 saturated heterocycles. The molecule has 0 fully saturated rings. The van der Waals surface area contributed by atoms with E-state index in [1.54, 1.807) is 25.1 Å². The largest absolute Gasteiger partial charge is 2.00 e. The number of hydrogen-bond acceptors (Lipinski definition) is 3. The maximum atomic E-state index is 10.8. The Morgan fingerprint density at radius 2 is 0.868 bits per heavy atom. The fourth-order valence-electron chi connectivity index (χ4n) is 5.97. The van der Waals surface area contributed by atoms with Crippen LogP contribution in [0.4, 0.5) is 0 Å². The van der Waals surface area contributed by atoms with Gasteiger partial charge in [0.1, 0.15) is 31.8 Å². The number of esters is 1. The van der Waals surface area contributed by atoms with Crippen LogP contribution in [-0.2, 0) is 36.4 Å². The number of carbonyl (C=O) groups is 1. The Morgan fingerprint density at radius 1 is 0.509 bits per heavy atom. The number of benzene rings is 7. The van der Waals surface area contributed by atoms with Crippen LogP contribution in [-0.4, -0.2) is 12.6 Å². The average molecular weight is 823 g/mol. The Hall–Kier alpha value is -4.80. The first-order valence-corrected chi connectivity index (χ1v) is 20.5. The van der Waals surface area contributed by atoms with Crippen molar-refractivity contribution in [3.05, 3.63) is 218 Å². The molecule has 0 aliphatic heterocycles. The van der Waals surface area contributed by atoms with Crippen molar-refractivity contribution in [3.63, 3.8) is 0 Å². The molecular weight excluding hydrogens is 781 g/mol. The van der Waals surface area contributed by atoms with Gasteiger partial charge in [-0.1, -0.05) is 97.1 Å². The predicted octanol–water partition coefficient (Wildman–Crippen LogP) is 7.85. The van der Waals surface area contributed by atoms with E-state index in [4.69, 9.17) is 4.74 Å². The molecule has 0 spiro atoms. The van der Waals surface area contributed by atoms with E-state index in [9.17, 15) is 4.79 Å². The molecule has 7 rings (SSSR count). The summed E-state index contributed by atoms with van der Waals surface area (Å²) in [5, 5.41) is 8.54. The Balaban J connectivity index is 0.000000329. The van der Waals surface area contributed by atoms with Gasteiger partial charge in [-0.3, -0.25) is 4.79 Å². The molecule has 53 heavy (non-hydrogen) atoms. The van der Waals surface area contributed by atoms with Crippen LogP contribution < -0.4 is 36.6 Å². The van der Waals surface area contributed by atoms with Crippen LogP contribution in [0.2, 0.25) is 0 Å². The van der Waals surface area contributed by atoms with E-state index in [1.165, 1.54) is 43.0 Å². The van der Waals surface area contributed by atoms with Gasteiger partial charge in [0.15, 0.2) is 0 Å². The topological polar surface area (TPSA) is 35.5 Å². The normalized spacial score (nSPS) is 10.4. The standard InChI is InChI=1S/C37H30P2.C10H10O3.Pd/c1-5-13-32(14-6-1)38(33-15-7-2-8-16-33)36-25-21-30(22-26-36)29-31-23-27-37(28-24-31)39(34-17-9-3-10-18-34)35-19-11-4-12-20-35;1-2-12-10(11)8-13-9-6-4-3-5-7-9;/h1-28H,29H2;3-6,8H,2H2,1H3;/q;-2;+2/p+2. The molecule has 7 aromatic rings. The van der Waals surface area contributed by atoms with Crippen molar-refractivity contribution >= 4 is 53.6 Å². The maximum Gasteiger partial charge on any atom is 2.00 e. The molecule has 0 amide bonds. The maximum absolute atomic E-state index is 10.8. The summed E-state index contributed by atoms with van der Waals surface area (Å²) in [4.78, 5) is 10.8. The van der Waals surface area contributed by atoms with Gasteiger partial charge in [0.25, 0.3) is 0 Å². The quantitative estimate of drug-likeness (QED) is 0.0546. The van der Waals surface area contributed by atoms with Crippen LogP contribution in [0, 0.1) is 12.7 Å². The third-order valence-corrected chi connectivity index (χ3v) is 13.9. The number of rotatable bonds is 12. The predicted molar refractivity (Wildman–Crippen MR) is 223 cm³/mol. The first-order valence-electron chi connectivity index (χ1n) is 17.5. The van der Waals surface area contributed by atoms with Crippen LogP contribution in [0.3, 0.4) is 0 Å². The summed E-state index contributed by atoms with van der Waals surface area (Å²) in [6.45, 7) is 3.10. The minimum absolute atomic E-state index is 0. The first kappa shape index (κ1) is 39.4. The van der Waals surface area contributed by atoms with Gasteiger partial charge in [-0.05, 0) is 103 Å². The van der Waals surface area contributed by atoms with Gasteiger partial charge in [-0.15, -0.1) is 18.7 Å². The number of ether oxygens (including phenoxy) is 2. The Labute approximate surface area is 330 Å². The zero-order chi connectivity index (χ0) is 35.8. The van der Waals surface area contributed by atoms with Gasteiger partial charge in [0.2, 0.25) is 5.97 Å². The summed E-state index contributed by atoms with van der Waals surface area (Å²) in [7, 11) is -2.06. The van der Waals surface area contributed by atoms with Crippen molar-refractivity contribution < 1.29 is 34.7 Å². The molecule has 0 saturated carbocycles. The van der Waals surface area contributed by atoms with Gasteiger partial charge in [0.05, 0.1) is 22.5 Å². The molecule has 0 aromatic heterocycles. The molecule has 6 heteroatoms. The molecular formula is C47H42O3P2Pd+2. The fourth-order valence-corrected chi connectivity index (χ4v) is 11.1. The van der Waals surface area contributed by atoms with Gasteiger partial charge < -0.3 is 9.47 Å². The van der Waals surface area contributed by atoms with E-state index in [0.29, 0.717) is 12.4 Å². The number of hydrogen-bond donors (Lipinski definition) is 0. The summed E-state index contributed by atoms with van der Waals surface area (Å²) >= 11 is 0. The Morgan fingerprint density at radius 3 is 1.21 bits per heavy atom. The van der Waals surface area contributed by atoms with Crippen LogP contribution in [0.5, 0.6) is 5.75 Å². The summed E-state index contributed by atoms with van der Waals surface area (Å²) < 4.78 is 9.60. The van der Waals surface area contributed by atoms with Crippen LogP contribution >= 0.6 is 15.8 Å².